The van der Waals surface area contributed by atoms with Gasteiger partial charge < -0.3 is 15.5 Å². The van der Waals surface area contributed by atoms with Gasteiger partial charge in [0.1, 0.15) is 6.04 Å². The van der Waals surface area contributed by atoms with Crippen LogP contribution < -0.4 is 5.32 Å². The number of aliphatic carboxylic acids is 1. The molecule has 1 atom stereocenters. The summed E-state index contributed by atoms with van der Waals surface area (Å²) in [6, 6.07) is 2.15. The highest BCUT2D eigenvalue weighted by Crippen LogP contribution is 2.11. The molecule has 0 fully saturated rings. The summed E-state index contributed by atoms with van der Waals surface area (Å²) in [4.78, 5) is 22.3. The molecule has 1 aromatic carbocycles. The second-order valence-corrected chi connectivity index (χ2v) is 3.86. The highest BCUT2D eigenvalue weighted by Gasteiger charge is 2.20. The van der Waals surface area contributed by atoms with Crippen molar-refractivity contribution < 1.29 is 28.6 Å². The molecule has 1 rings (SSSR count). The fourth-order valence-corrected chi connectivity index (χ4v) is 1.49. The minimum Gasteiger partial charge on any atom is -0.480 e. The molecule has 19 heavy (non-hydrogen) atoms. The minimum absolute atomic E-state index is 0.160. The van der Waals surface area contributed by atoms with Crippen LogP contribution in [-0.2, 0) is 16.0 Å². The maximum Gasteiger partial charge on any atom is 0.326 e. The topological polar surface area (TPSA) is 86.6 Å². The quantitative estimate of drug-likeness (QED) is 0.702. The van der Waals surface area contributed by atoms with Gasteiger partial charge in [0.2, 0.25) is 5.91 Å². The van der Waals surface area contributed by atoms with Crippen molar-refractivity contribution in [3.05, 3.63) is 35.4 Å². The average molecular weight is 273 g/mol. The van der Waals surface area contributed by atoms with Crippen LogP contribution in [0.3, 0.4) is 0 Å². The Bertz CT molecular complexity index is 479. The lowest BCUT2D eigenvalue weighted by atomic mass is 10.1. The van der Waals surface area contributed by atoms with Crippen molar-refractivity contribution in [2.24, 2.45) is 0 Å². The molecule has 1 amide bonds. The summed E-state index contributed by atoms with van der Waals surface area (Å²) < 4.78 is 26.2. The lowest BCUT2D eigenvalue weighted by Crippen LogP contribution is -2.42. The minimum atomic E-state index is -1.30. The molecule has 104 valence electrons. The van der Waals surface area contributed by atoms with Gasteiger partial charge in [0.25, 0.3) is 0 Å². The molecular formula is C12H13F2NO4. The Labute approximate surface area is 107 Å². The van der Waals surface area contributed by atoms with E-state index < -0.39 is 42.6 Å². The summed E-state index contributed by atoms with van der Waals surface area (Å²) in [5.74, 6) is -4.27. The number of hydrogen-bond donors (Lipinski definition) is 3. The molecular weight excluding hydrogens is 260 g/mol. The first-order chi connectivity index (χ1) is 8.95. The zero-order valence-electron chi connectivity index (χ0n) is 9.90. The third-order valence-electron chi connectivity index (χ3n) is 2.43. The molecule has 3 N–H and O–H groups in total. The van der Waals surface area contributed by atoms with Crippen LogP contribution in [-0.4, -0.2) is 34.7 Å². The first kappa shape index (κ1) is 15.0. The van der Waals surface area contributed by atoms with Gasteiger partial charge in [-0.2, -0.15) is 0 Å². The van der Waals surface area contributed by atoms with Crippen LogP contribution in [0.5, 0.6) is 0 Å². The number of carbonyl (C=O) groups is 2. The van der Waals surface area contributed by atoms with Gasteiger partial charge in [-0.3, -0.25) is 4.79 Å². The highest BCUT2D eigenvalue weighted by atomic mass is 19.2. The Hall–Kier alpha value is -2.02. The molecule has 0 aromatic heterocycles. The fraction of sp³-hybridized carbons (Fsp3) is 0.333. The molecule has 7 heteroatoms. The number of carboxylic acids is 1. The number of hydrogen-bond acceptors (Lipinski definition) is 3. The van der Waals surface area contributed by atoms with E-state index in [0.29, 0.717) is 0 Å². The molecule has 0 heterocycles. The van der Waals surface area contributed by atoms with E-state index in [1.807, 2.05) is 0 Å². The van der Waals surface area contributed by atoms with Crippen LogP contribution in [0, 0.1) is 11.6 Å². The summed E-state index contributed by atoms with van der Waals surface area (Å²) >= 11 is 0. The van der Waals surface area contributed by atoms with E-state index in [-0.39, 0.29) is 12.0 Å². The number of nitrogens with one attached hydrogen (secondary N) is 1. The van der Waals surface area contributed by atoms with E-state index in [1.165, 1.54) is 12.1 Å². The van der Waals surface area contributed by atoms with E-state index in [2.05, 4.69) is 5.32 Å². The van der Waals surface area contributed by atoms with Gasteiger partial charge in [-0.15, -0.1) is 0 Å². The van der Waals surface area contributed by atoms with Gasteiger partial charge in [-0.25, -0.2) is 13.6 Å². The number of benzene rings is 1. The van der Waals surface area contributed by atoms with E-state index in [9.17, 15) is 18.4 Å². The summed E-state index contributed by atoms with van der Waals surface area (Å²) in [5, 5.41) is 19.5. The second kappa shape index (κ2) is 6.79. The van der Waals surface area contributed by atoms with Crippen molar-refractivity contribution in [2.75, 3.05) is 6.61 Å². The maximum atomic E-state index is 13.3. The van der Waals surface area contributed by atoms with Crippen molar-refractivity contribution in [3.8, 4) is 0 Å². The molecule has 0 unspecified atom stereocenters. The van der Waals surface area contributed by atoms with E-state index in [1.54, 1.807) is 0 Å². The number of halogens is 2. The zero-order chi connectivity index (χ0) is 14.4. The van der Waals surface area contributed by atoms with Gasteiger partial charge in [-0.05, 0) is 6.07 Å². The first-order valence-electron chi connectivity index (χ1n) is 5.51. The standard InChI is InChI=1S/C12H13F2NO4/c13-8-3-1-2-7(11(8)14)6-10(17)15-9(4-5-16)12(18)19/h1-3,9,16H,4-6H2,(H,15,17)(H,18,19)/t9-/m0/s1. The van der Waals surface area contributed by atoms with Crippen molar-refractivity contribution in [2.45, 2.75) is 18.9 Å². The van der Waals surface area contributed by atoms with Crippen LogP contribution in [0.2, 0.25) is 0 Å². The predicted molar refractivity (Wildman–Crippen MR) is 61.3 cm³/mol. The Balaban J connectivity index is 2.69. The third-order valence-corrected chi connectivity index (χ3v) is 2.43. The number of aliphatic hydroxyl groups is 1. The van der Waals surface area contributed by atoms with Gasteiger partial charge in [-0.1, -0.05) is 12.1 Å². The molecule has 0 saturated heterocycles. The normalized spacial score (nSPS) is 11.9. The van der Waals surface area contributed by atoms with Gasteiger partial charge in [0.15, 0.2) is 11.6 Å². The van der Waals surface area contributed by atoms with Crippen LogP contribution >= 0.6 is 0 Å². The third kappa shape index (κ3) is 4.29. The summed E-state index contributed by atoms with van der Waals surface area (Å²) in [7, 11) is 0. The molecule has 0 saturated carbocycles. The van der Waals surface area contributed by atoms with E-state index >= 15 is 0 Å². The molecule has 0 aliphatic heterocycles. The van der Waals surface area contributed by atoms with Crippen molar-refractivity contribution in [1.29, 1.82) is 0 Å². The Morgan fingerprint density at radius 2 is 2.00 bits per heavy atom. The largest absolute Gasteiger partial charge is 0.480 e. The Morgan fingerprint density at radius 3 is 2.58 bits per heavy atom. The maximum absolute atomic E-state index is 13.3. The number of aliphatic hydroxyl groups excluding tert-OH is 1. The molecule has 0 aliphatic carbocycles. The smallest absolute Gasteiger partial charge is 0.326 e. The average Bonchev–Trinajstić information content (AvgIpc) is 2.34. The lowest BCUT2D eigenvalue weighted by molar-refractivity contribution is -0.142. The molecule has 0 aliphatic rings. The van der Waals surface area contributed by atoms with Crippen LogP contribution in [0.4, 0.5) is 8.78 Å². The number of amides is 1. The van der Waals surface area contributed by atoms with Gasteiger partial charge in [0, 0.05) is 18.6 Å². The molecule has 0 bridgehead atoms. The summed E-state index contributed by atoms with van der Waals surface area (Å²) in [6.45, 7) is -0.411. The van der Waals surface area contributed by atoms with Crippen LogP contribution in [0.1, 0.15) is 12.0 Å². The fourth-order valence-electron chi connectivity index (χ4n) is 1.49. The van der Waals surface area contributed by atoms with Gasteiger partial charge in [0.05, 0.1) is 6.42 Å². The first-order valence-corrected chi connectivity index (χ1v) is 5.51. The van der Waals surface area contributed by atoms with Crippen LogP contribution in [0.25, 0.3) is 0 Å². The highest BCUT2D eigenvalue weighted by molar-refractivity contribution is 5.84. The van der Waals surface area contributed by atoms with E-state index in [0.717, 1.165) is 6.07 Å². The second-order valence-electron chi connectivity index (χ2n) is 3.86. The molecule has 0 spiro atoms. The lowest BCUT2D eigenvalue weighted by Gasteiger charge is -2.13. The summed E-state index contributed by atoms with van der Waals surface area (Å²) in [6.07, 6.45) is -0.633. The Kier molecular flexibility index (Phi) is 5.37. The van der Waals surface area contributed by atoms with Crippen molar-refractivity contribution >= 4 is 11.9 Å². The van der Waals surface area contributed by atoms with Crippen molar-refractivity contribution in [3.63, 3.8) is 0 Å². The molecule has 0 radical (unpaired) electrons. The summed E-state index contributed by atoms with van der Waals surface area (Å²) in [5.41, 5.74) is -0.161. The van der Waals surface area contributed by atoms with E-state index in [4.69, 9.17) is 10.2 Å². The Morgan fingerprint density at radius 1 is 1.32 bits per heavy atom. The molecule has 5 nitrogen and oxygen atoms in total. The number of carbonyl (C=O) groups excluding carboxylic acids is 1. The SMILES string of the molecule is O=C(Cc1cccc(F)c1F)N[C@@H](CCO)C(=O)O. The van der Waals surface area contributed by atoms with Gasteiger partial charge >= 0.3 is 5.97 Å². The number of rotatable bonds is 6. The van der Waals surface area contributed by atoms with Crippen LogP contribution in [0.15, 0.2) is 18.2 Å². The number of carboxylic acid groups (broad SMARTS) is 1. The predicted octanol–water partition coefficient (Wildman–Crippen LogP) is 0.459. The van der Waals surface area contributed by atoms with Crippen molar-refractivity contribution in [1.82, 2.24) is 5.32 Å². The molecule has 1 aromatic rings. The monoisotopic (exact) mass is 273 g/mol. The zero-order valence-corrected chi connectivity index (χ0v) is 9.90.